The molecule has 1 unspecified atom stereocenters. The van der Waals surface area contributed by atoms with Gasteiger partial charge in [-0.15, -0.1) is 0 Å². The molecule has 1 N–H and O–H groups in total. The summed E-state index contributed by atoms with van der Waals surface area (Å²) in [6, 6.07) is 10.3. The predicted octanol–water partition coefficient (Wildman–Crippen LogP) is 3.21. The third-order valence-corrected chi connectivity index (χ3v) is 4.23. The molecule has 19 heavy (non-hydrogen) atoms. The van der Waals surface area contributed by atoms with Crippen LogP contribution in [0.4, 0.5) is 5.82 Å². The average Bonchev–Trinajstić information content (AvgIpc) is 2.46. The quantitative estimate of drug-likeness (QED) is 0.923. The van der Waals surface area contributed by atoms with Gasteiger partial charge in [-0.25, -0.2) is 4.98 Å². The van der Waals surface area contributed by atoms with Gasteiger partial charge in [0.25, 0.3) is 0 Å². The Hall–Kier alpha value is -1.13. The van der Waals surface area contributed by atoms with Crippen molar-refractivity contribution < 1.29 is 5.11 Å². The van der Waals surface area contributed by atoms with Crippen LogP contribution in [-0.4, -0.2) is 29.8 Å². The zero-order valence-corrected chi connectivity index (χ0v) is 12.3. The number of aliphatic hydroxyl groups is 1. The Morgan fingerprint density at radius 3 is 3.05 bits per heavy atom. The van der Waals surface area contributed by atoms with Gasteiger partial charge < -0.3 is 10.0 Å². The van der Waals surface area contributed by atoms with Gasteiger partial charge in [0.2, 0.25) is 0 Å². The molecule has 2 aromatic rings. The number of hydrogen-bond donors (Lipinski definition) is 1. The minimum atomic E-state index is 0.275. The summed E-state index contributed by atoms with van der Waals surface area (Å²) >= 11 is 3.48. The van der Waals surface area contributed by atoms with Gasteiger partial charge in [-0.05, 0) is 49.1 Å². The molecule has 0 bridgehead atoms. The van der Waals surface area contributed by atoms with Gasteiger partial charge >= 0.3 is 0 Å². The number of hydrogen-bond acceptors (Lipinski definition) is 3. The maximum atomic E-state index is 9.31. The fraction of sp³-hybridized carbons (Fsp3) is 0.400. The van der Waals surface area contributed by atoms with Gasteiger partial charge in [-0.1, -0.05) is 15.9 Å². The monoisotopic (exact) mass is 320 g/mol. The smallest absolute Gasteiger partial charge is 0.129 e. The van der Waals surface area contributed by atoms with Crippen molar-refractivity contribution in [1.82, 2.24) is 4.98 Å². The molecule has 1 aromatic carbocycles. The summed E-state index contributed by atoms with van der Waals surface area (Å²) in [5.74, 6) is 1.41. The maximum Gasteiger partial charge on any atom is 0.129 e. The number of halogens is 1. The van der Waals surface area contributed by atoms with Crippen LogP contribution >= 0.6 is 15.9 Å². The Labute approximate surface area is 121 Å². The molecule has 0 spiro atoms. The molecule has 1 aliphatic rings. The molecule has 1 saturated heterocycles. The maximum absolute atomic E-state index is 9.31. The normalized spacial score (nSPS) is 19.9. The molecule has 0 radical (unpaired) electrons. The molecule has 1 aliphatic heterocycles. The minimum absolute atomic E-state index is 0.275. The second-order valence-corrected chi connectivity index (χ2v) is 6.06. The second-order valence-electron chi connectivity index (χ2n) is 5.14. The SMILES string of the molecule is OCC1CCCN(c2ccc3cc(Br)ccc3n2)C1. The highest BCUT2D eigenvalue weighted by molar-refractivity contribution is 9.10. The van der Waals surface area contributed by atoms with E-state index < -0.39 is 0 Å². The van der Waals surface area contributed by atoms with Crippen molar-refractivity contribution in [3.05, 3.63) is 34.8 Å². The summed E-state index contributed by atoms with van der Waals surface area (Å²) in [6.45, 7) is 2.22. The molecule has 0 saturated carbocycles. The Morgan fingerprint density at radius 1 is 1.32 bits per heavy atom. The molecule has 1 fully saturated rings. The predicted molar refractivity (Wildman–Crippen MR) is 81.5 cm³/mol. The van der Waals surface area contributed by atoms with E-state index in [0.717, 1.165) is 47.1 Å². The van der Waals surface area contributed by atoms with Crippen LogP contribution in [-0.2, 0) is 0 Å². The third-order valence-electron chi connectivity index (χ3n) is 3.74. The highest BCUT2D eigenvalue weighted by atomic mass is 79.9. The molecule has 0 aliphatic carbocycles. The summed E-state index contributed by atoms with van der Waals surface area (Å²) in [7, 11) is 0. The van der Waals surface area contributed by atoms with Crippen LogP contribution in [0.25, 0.3) is 10.9 Å². The van der Waals surface area contributed by atoms with Gasteiger partial charge in [-0.3, -0.25) is 0 Å². The lowest BCUT2D eigenvalue weighted by Gasteiger charge is -2.32. The number of benzene rings is 1. The van der Waals surface area contributed by atoms with Crippen LogP contribution in [0.1, 0.15) is 12.8 Å². The fourth-order valence-corrected chi connectivity index (χ4v) is 3.06. The average molecular weight is 321 g/mol. The summed E-state index contributed by atoms with van der Waals surface area (Å²) in [5, 5.41) is 10.5. The van der Waals surface area contributed by atoms with Crippen molar-refractivity contribution in [3.63, 3.8) is 0 Å². The number of aromatic nitrogens is 1. The molecule has 3 rings (SSSR count). The molecule has 3 nitrogen and oxygen atoms in total. The molecule has 1 atom stereocenters. The van der Waals surface area contributed by atoms with E-state index in [0.29, 0.717) is 5.92 Å². The van der Waals surface area contributed by atoms with Crippen LogP contribution in [0.5, 0.6) is 0 Å². The Bertz CT molecular complexity index is 587. The first-order valence-corrected chi connectivity index (χ1v) is 7.47. The Balaban J connectivity index is 1.90. The van der Waals surface area contributed by atoms with E-state index in [1.165, 1.54) is 0 Å². The van der Waals surface area contributed by atoms with E-state index in [9.17, 15) is 5.11 Å². The molecule has 1 aromatic heterocycles. The highest BCUT2D eigenvalue weighted by Crippen LogP contribution is 2.25. The van der Waals surface area contributed by atoms with Gasteiger partial charge in [0, 0.05) is 29.6 Å². The lowest BCUT2D eigenvalue weighted by atomic mass is 9.99. The number of nitrogens with zero attached hydrogens (tertiary/aromatic N) is 2. The lowest BCUT2D eigenvalue weighted by Crippen LogP contribution is -2.37. The number of piperidine rings is 1. The van der Waals surface area contributed by atoms with Crippen molar-refractivity contribution in [2.75, 3.05) is 24.6 Å². The molecular weight excluding hydrogens is 304 g/mol. The molecule has 4 heteroatoms. The van der Waals surface area contributed by atoms with Crippen LogP contribution in [0, 0.1) is 5.92 Å². The number of fused-ring (bicyclic) bond motifs is 1. The highest BCUT2D eigenvalue weighted by Gasteiger charge is 2.20. The van der Waals surface area contributed by atoms with E-state index in [2.05, 4.69) is 39.0 Å². The third kappa shape index (κ3) is 2.74. The second kappa shape index (κ2) is 5.47. The summed E-state index contributed by atoms with van der Waals surface area (Å²) < 4.78 is 1.08. The van der Waals surface area contributed by atoms with E-state index in [1.54, 1.807) is 0 Å². The van der Waals surface area contributed by atoms with Crippen molar-refractivity contribution in [2.24, 2.45) is 5.92 Å². The van der Waals surface area contributed by atoms with Crippen molar-refractivity contribution in [2.45, 2.75) is 12.8 Å². The summed E-state index contributed by atoms with van der Waals surface area (Å²) in [6.07, 6.45) is 2.25. The van der Waals surface area contributed by atoms with E-state index in [1.807, 2.05) is 12.1 Å². The first-order chi connectivity index (χ1) is 9.26. The van der Waals surface area contributed by atoms with E-state index >= 15 is 0 Å². The molecule has 0 amide bonds. The van der Waals surface area contributed by atoms with Gasteiger partial charge in [0.1, 0.15) is 5.82 Å². The van der Waals surface area contributed by atoms with Gasteiger partial charge in [0.15, 0.2) is 0 Å². The fourth-order valence-electron chi connectivity index (χ4n) is 2.68. The number of aliphatic hydroxyl groups excluding tert-OH is 1. The van der Waals surface area contributed by atoms with Crippen LogP contribution in [0.15, 0.2) is 34.8 Å². The number of pyridine rings is 1. The molecular formula is C15H17BrN2O. The van der Waals surface area contributed by atoms with Crippen LogP contribution < -0.4 is 4.90 Å². The minimum Gasteiger partial charge on any atom is -0.396 e. The van der Waals surface area contributed by atoms with Crippen LogP contribution in [0.3, 0.4) is 0 Å². The van der Waals surface area contributed by atoms with Gasteiger partial charge in [0.05, 0.1) is 5.52 Å². The lowest BCUT2D eigenvalue weighted by molar-refractivity contribution is 0.208. The Kier molecular flexibility index (Phi) is 3.71. The topological polar surface area (TPSA) is 36.4 Å². The first kappa shape index (κ1) is 12.9. The zero-order chi connectivity index (χ0) is 13.2. The van der Waals surface area contributed by atoms with Crippen molar-refractivity contribution in [1.29, 1.82) is 0 Å². The number of anilines is 1. The van der Waals surface area contributed by atoms with Gasteiger partial charge in [-0.2, -0.15) is 0 Å². The standard InChI is InChI=1S/C15H17BrN2O/c16-13-4-5-14-12(8-13)3-6-15(17-14)18-7-1-2-11(9-18)10-19/h3-6,8,11,19H,1-2,7,9-10H2. The van der Waals surface area contributed by atoms with Crippen molar-refractivity contribution in [3.8, 4) is 0 Å². The first-order valence-electron chi connectivity index (χ1n) is 6.68. The largest absolute Gasteiger partial charge is 0.396 e. The Morgan fingerprint density at radius 2 is 2.21 bits per heavy atom. The van der Waals surface area contributed by atoms with Crippen LogP contribution in [0.2, 0.25) is 0 Å². The summed E-state index contributed by atoms with van der Waals surface area (Å²) in [5.41, 5.74) is 1.02. The summed E-state index contributed by atoms with van der Waals surface area (Å²) in [4.78, 5) is 7.02. The van der Waals surface area contributed by atoms with Crippen molar-refractivity contribution >= 4 is 32.7 Å². The molecule has 100 valence electrons. The molecule has 2 heterocycles. The van der Waals surface area contributed by atoms with E-state index in [-0.39, 0.29) is 6.61 Å². The number of rotatable bonds is 2. The van der Waals surface area contributed by atoms with E-state index in [4.69, 9.17) is 4.98 Å². The zero-order valence-electron chi connectivity index (χ0n) is 10.7.